The number of aliphatic hydroxyl groups is 3. The van der Waals surface area contributed by atoms with Gasteiger partial charge in [-0.15, -0.1) is 0 Å². The number of nitrogens with zero attached hydrogens (tertiary/aromatic N) is 1. The van der Waals surface area contributed by atoms with Gasteiger partial charge >= 0.3 is 0 Å². The first-order chi connectivity index (χ1) is 5.24. The molecule has 3 N–H and O–H groups in total. The predicted molar refractivity (Wildman–Crippen MR) is 38.0 cm³/mol. The van der Waals surface area contributed by atoms with E-state index in [1.165, 1.54) is 0 Å². The van der Waals surface area contributed by atoms with Crippen LogP contribution in [0.2, 0.25) is 0 Å². The number of hydrogen-bond donors (Lipinski definition) is 3. The van der Waals surface area contributed by atoms with Gasteiger partial charge in [0.15, 0.2) is 0 Å². The van der Waals surface area contributed by atoms with Crippen LogP contribution in [0.3, 0.4) is 0 Å². The quantitative estimate of drug-likeness (QED) is 0.393. The van der Waals surface area contributed by atoms with Crippen LogP contribution in [0.1, 0.15) is 6.42 Å². The summed E-state index contributed by atoms with van der Waals surface area (Å²) in [5, 5.41) is 27.5. The number of fused-ring (bicyclic) bond motifs is 1. The highest BCUT2D eigenvalue weighted by Gasteiger charge is 2.49. The summed E-state index contributed by atoms with van der Waals surface area (Å²) in [6.07, 6.45) is -0.757. The Hall–Kier alpha value is -0.160. The zero-order chi connectivity index (χ0) is 8.01. The Kier molecular flexibility index (Phi) is 1.64. The molecule has 0 spiro atoms. The lowest BCUT2D eigenvalue weighted by atomic mass is 9.99. The lowest BCUT2D eigenvalue weighted by Gasteiger charge is -2.31. The monoisotopic (exact) mass is 159 g/mol. The molecule has 4 nitrogen and oxygen atoms in total. The maximum atomic E-state index is 9.38. The maximum absolute atomic E-state index is 9.38. The van der Waals surface area contributed by atoms with E-state index < -0.39 is 12.2 Å². The molecule has 5 atom stereocenters. The summed E-state index contributed by atoms with van der Waals surface area (Å²) in [6, 6.07) is 0.175. The molecule has 0 radical (unpaired) electrons. The zero-order valence-corrected chi connectivity index (χ0v) is 6.22. The first-order valence-corrected chi connectivity index (χ1v) is 3.96. The number of rotatable bonds is 1. The third kappa shape index (κ3) is 1.06. The summed E-state index contributed by atoms with van der Waals surface area (Å²) in [7, 11) is 0. The molecule has 2 saturated heterocycles. The molecule has 11 heavy (non-hydrogen) atoms. The summed E-state index contributed by atoms with van der Waals surface area (Å²) >= 11 is 0. The molecule has 4 heteroatoms. The molecular weight excluding hydrogens is 146 g/mol. The molecule has 2 aliphatic rings. The van der Waals surface area contributed by atoms with Crippen molar-refractivity contribution in [3.05, 3.63) is 0 Å². The van der Waals surface area contributed by atoms with Gasteiger partial charge in [-0.25, -0.2) is 0 Å². The van der Waals surface area contributed by atoms with Gasteiger partial charge in [0.25, 0.3) is 0 Å². The van der Waals surface area contributed by atoms with Crippen LogP contribution in [0.25, 0.3) is 0 Å². The largest absolute Gasteiger partial charge is 0.395 e. The minimum atomic E-state index is -0.765. The van der Waals surface area contributed by atoms with E-state index in [2.05, 4.69) is 0 Å². The van der Waals surface area contributed by atoms with E-state index in [9.17, 15) is 10.2 Å². The van der Waals surface area contributed by atoms with Crippen molar-refractivity contribution < 1.29 is 15.3 Å². The zero-order valence-electron chi connectivity index (χ0n) is 6.22. The van der Waals surface area contributed by atoms with Crippen molar-refractivity contribution in [3.63, 3.8) is 0 Å². The van der Waals surface area contributed by atoms with Crippen LogP contribution in [-0.2, 0) is 0 Å². The summed E-state index contributed by atoms with van der Waals surface area (Å²) in [5.74, 6) is 0. The fourth-order valence-corrected chi connectivity index (χ4v) is 1.90. The molecule has 0 saturated carbocycles. The molecule has 2 aliphatic heterocycles. The molecule has 0 aromatic carbocycles. The molecule has 0 amide bonds. The van der Waals surface area contributed by atoms with Crippen LogP contribution in [-0.4, -0.2) is 57.7 Å². The Bertz CT molecular complexity index is 164. The molecule has 2 rings (SSSR count). The van der Waals surface area contributed by atoms with Crippen LogP contribution in [0.5, 0.6) is 0 Å². The normalized spacial score (nSPS) is 55.4. The minimum absolute atomic E-state index is 0.0608. The highest BCUT2D eigenvalue weighted by molar-refractivity contribution is 5.04. The van der Waals surface area contributed by atoms with Crippen molar-refractivity contribution in [1.29, 1.82) is 0 Å². The average molecular weight is 159 g/mol. The fourth-order valence-electron chi connectivity index (χ4n) is 1.90. The second-order valence-corrected chi connectivity index (χ2v) is 3.39. The van der Waals surface area contributed by atoms with Crippen molar-refractivity contribution in [1.82, 2.24) is 4.90 Å². The third-order valence-corrected chi connectivity index (χ3v) is 2.67. The lowest BCUT2D eigenvalue weighted by molar-refractivity contribution is -0.0574. The Morgan fingerprint density at radius 2 is 2.09 bits per heavy atom. The van der Waals surface area contributed by atoms with Crippen molar-refractivity contribution in [2.24, 2.45) is 0 Å². The first-order valence-electron chi connectivity index (χ1n) is 3.96. The number of aliphatic hydroxyl groups excluding tert-OH is 3. The fraction of sp³-hybridized carbons (Fsp3) is 1.00. The Morgan fingerprint density at radius 1 is 1.36 bits per heavy atom. The van der Waals surface area contributed by atoms with Gasteiger partial charge in [-0.2, -0.15) is 0 Å². The van der Waals surface area contributed by atoms with E-state index in [1.54, 1.807) is 0 Å². The topological polar surface area (TPSA) is 63.7 Å². The summed E-state index contributed by atoms with van der Waals surface area (Å²) < 4.78 is 0. The van der Waals surface area contributed by atoms with E-state index in [4.69, 9.17) is 5.11 Å². The Balaban J connectivity index is 2.05. The maximum Gasteiger partial charge on any atom is 0.0976 e. The van der Waals surface area contributed by atoms with E-state index in [0.29, 0.717) is 12.5 Å². The van der Waals surface area contributed by atoms with Crippen LogP contribution >= 0.6 is 0 Å². The molecule has 2 fully saturated rings. The summed E-state index contributed by atoms with van der Waals surface area (Å²) in [5.41, 5.74) is 0. The van der Waals surface area contributed by atoms with E-state index in [-0.39, 0.29) is 12.6 Å². The second kappa shape index (κ2) is 2.42. The van der Waals surface area contributed by atoms with Crippen molar-refractivity contribution >= 4 is 0 Å². The summed E-state index contributed by atoms with van der Waals surface area (Å²) in [4.78, 5) is 2.03. The van der Waals surface area contributed by atoms with E-state index in [0.717, 1.165) is 6.54 Å². The smallest absolute Gasteiger partial charge is 0.0976 e. The lowest BCUT2D eigenvalue weighted by Crippen LogP contribution is -2.49. The van der Waals surface area contributed by atoms with Gasteiger partial charge in [0, 0.05) is 12.6 Å². The molecule has 0 bridgehead atoms. The van der Waals surface area contributed by atoms with Crippen molar-refractivity contribution in [2.75, 3.05) is 13.2 Å². The SMILES string of the molecule is OCC1C(O)C(O)CC2CN21. The standard InChI is InChI=1S/C7H13NO3/c9-3-5-7(11)6(10)1-4-2-8(4)5/h4-7,9-11H,1-3H2. The van der Waals surface area contributed by atoms with Crippen LogP contribution in [0, 0.1) is 0 Å². The van der Waals surface area contributed by atoms with Gasteiger partial charge in [0.1, 0.15) is 0 Å². The van der Waals surface area contributed by atoms with Crippen molar-refractivity contribution in [2.45, 2.75) is 30.7 Å². The molecule has 0 aromatic rings. The predicted octanol–water partition coefficient (Wildman–Crippen LogP) is -1.84. The van der Waals surface area contributed by atoms with Gasteiger partial charge < -0.3 is 15.3 Å². The molecule has 0 aliphatic carbocycles. The average Bonchev–Trinajstić information content (AvgIpc) is 2.69. The first kappa shape index (κ1) is 7.49. The van der Waals surface area contributed by atoms with Gasteiger partial charge in [-0.1, -0.05) is 0 Å². The second-order valence-electron chi connectivity index (χ2n) is 3.39. The number of hydrogen-bond acceptors (Lipinski definition) is 4. The minimum Gasteiger partial charge on any atom is -0.395 e. The third-order valence-electron chi connectivity index (χ3n) is 2.67. The van der Waals surface area contributed by atoms with Gasteiger partial charge in [0.2, 0.25) is 0 Å². The van der Waals surface area contributed by atoms with Gasteiger partial charge in [0.05, 0.1) is 24.9 Å². The van der Waals surface area contributed by atoms with E-state index in [1.807, 2.05) is 4.90 Å². The molecular formula is C7H13NO3. The van der Waals surface area contributed by atoms with E-state index >= 15 is 0 Å². The number of piperidine rings is 1. The van der Waals surface area contributed by atoms with Gasteiger partial charge in [-0.05, 0) is 6.42 Å². The Morgan fingerprint density at radius 3 is 2.73 bits per heavy atom. The van der Waals surface area contributed by atoms with Gasteiger partial charge in [-0.3, -0.25) is 4.90 Å². The van der Waals surface area contributed by atoms with Crippen LogP contribution in [0.15, 0.2) is 0 Å². The molecule has 64 valence electrons. The van der Waals surface area contributed by atoms with Crippen LogP contribution in [0.4, 0.5) is 0 Å². The molecule has 0 aromatic heterocycles. The molecule has 5 unspecified atom stereocenters. The van der Waals surface area contributed by atoms with Crippen LogP contribution < -0.4 is 0 Å². The summed E-state index contributed by atoms with van der Waals surface area (Å²) in [6.45, 7) is 0.855. The highest BCUT2D eigenvalue weighted by atomic mass is 16.3. The molecule has 2 heterocycles. The van der Waals surface area contributed by atoms with Crippen molar-refractivity contribution in [3.8, 4) is 0 Å². The highest BCUT2D eigenvalue weighted by Crippen LogP contribution is 2.33. The Labute approximate surface area is 65.1 Å².